The maximum Gasteiger partial charge on any atom is 0.217 e. The number of hydrogen-bond acceptors (Lipinski definition) is 6. The predicted octanol–water partition coefficient (Wildman–Crippen LogP) is 3.35. The van der Waals surface area contributed by atoms with Gasteiger partial charge in [0.1, 0.15) is 17.3 Å². The van der Waals surface area contributed by atoms with Crippen molar-refractivity contribution in [2.24, 2.45) is 5.92 Å². The van der Waals surface area contributed by atoms with Gasteiger partial charge in [-0.1, -0.05) is 6.07 Å². The van der Waals surface area contributed by atoms with Crippen LogP contribution in [0.3, 0.4) is 0 Å². The molecule has 1 amide bonds. The summed E-state index contributed by atoms with van der Waals surface area (Å²) in [5.41, 5.74) is 9.51. The molecule has 168 valence electrons. The normalized spacial score (nSPS) is 16.4. The van der Waals surface area contributed by atoms with Crippen molar-refractivity contribution in [3.8, 4) is 22.8 Å². The second-order valence-corrected chi connectivity index (χ2v) is 8.30. The molecule has 2 aromatic rings. The molecular weight excluding hydrogens is 416 g/mol. The van der Waals surface area contributed by atoms with Crippen LogP contribution >= 0.6 is 12.4 Å². The third kappa shape index (κ3) is 5.60. The Hall–Kier alpha value is -2.51. The molecule has 4 rings (SSSR count). The summed E-state index contributed by atoms with van der Waals surface area (Å²) >= 11 is 0. The lowest BCUT2D eigenvalue weighted by Gasteiger charge is -2.26. The van der Waals surface area contributed by atoms with Crippen LogP contribution in [0.15, 0.2) is 24.3 Å². The summed E-state index contributed by atoms with van der Waals surface area (Å²) < 4.78 is 6.02. The predicted molar refractivity (Wildman–Crippen MR) is 124 cm³/mol. The van der Waals surface area contributed by atoms with Crippen LogP contribution in [0.2, 0.25) is 0 Å². The molecule has 8 heteroatoms. The van der Waals surface area contributed by atoms with E-state index in [-0.39, 0.29) is 24.1 Å². The Morgan fingerprint density at radius 1 is 1.29 bits per heavy atom. The van der Waals surface area contributed by atoms with E-state index in [2.05, 4.69) is 15.6 Å². The number of amides is 1. The number of piperidine rings is 1. The maximum absolute atomic E-state index is 11.5. The van der Waals surface area contributed by atoms with E-state index >= 15 is 0 Å². The van der Waals surface area contributed by atoms with Gasteiger partial charge in [0.15, 0.2) is 0 Å². The standard InChI is InChI=1S/C23H30N4O3.ClH/c1-14(28)26-12-18-17(16-7-9-25-10-8-16)11-19(27-23(18)24)22-20(29)3-2-4-21(22)30-13-15-5-6-15;/h2-4,11,15-16,25,29H,5-10,12-13H2,1H3,(H2,24,27)(H,26,28);1H. The van der Waals surface area contributed by atoms with E-state index in [1.54, 1.807) is 12.1 Å². The SMILES string of the molecule is CC(=O)NCc1c(C2CCNCC2)cc(-c2c(O)cccc2OCC2CC2)nc1N.Cl. The zero-order chi connectivity index (χ0) is 21.1. The number of aromatic hydroxyl groups is 1. The molecule has 1 saturated heterocycles. The molecule has 0 radical (unpaired) electrons. The van der Waals surface area contributed by atoms with Crippen LogP contribution in [0.1, 0.15) is 49.7 Å². The summed E-state index contributed by atoms with van der Waals surface area (Å²) in [5.74, 6) is 1.95. The van der Waals surface area contributed by atoms with Crippen LogP contribution in [0.5, 0.6) is 11.5 Å². The van der Waals surface area contributed by atoms with Gasteiger partial charge in [-0.3, -0.25) is 4.79 Å². The van der Waals surface area contributed by atoms with E-state index in [0.29, 0.717) is 47.8 Å². The lowest BCUT2D eigenvalue weighted by atomic mass is 9.86. The van der Waals surface area contributed by atoms with Gasteiger partial charge in [0.25, 0.3) is 0 Å². The molecule has 31 heavy (non-hydrogen) atoms. The van der Waals surface area contributed by atoms with Crippen LogP contribution in [-0.4, -0.2) is 35.7 Å². The van der Waals surface area contributed by atoms with E-state index in [1.165, 1.54) is 19.8 Å². The van der Waals surface area contributed by atoms with Crippen LogP contribution in [0, 0.1) is 5.92 Å². The van der Waals surface area contributed by atoms with Crippen LogP contribution in [0.25, 0.3) is 11.3 Å². The number of phenols is 1. The average molecular weight is 447 g/mol. The Morgan fingerprint density at radius 2 is 2.03 bits per heavy atom. The number of rotatable bonds is 7. The molecule has 1 aliphatic carbocycles. The minimum atomic E-state index is -0.105. The summed E-state index contributed by atoms with van der Waals surface area (Å²) in [4.78, 5) is 16.1. The number of halogens is 1. The summed E-state index contributed by atoms with van der Waals surface area (Å²) in [6, 6.07) is 7.31. The topological polar surface area (TPSA) is 110 Å². The molecule has 0 unspecified atom stereocenters. The molecule has 0 spiro atoms. The van der Waals surface area contributed by atoms with Crippen LogP contribution in [0.4, 0.5) is 5.82 Å². The zero-order valence-electron chi connectivity index (χ0n) is 17.8. The number of hydrogen-bond donors (Lipinski definition) is 4. The van der Waals surface area contributed by atoms with Crippen molar-refractivity contribution in [3.63, 3.8) is 0 Å². The van der Waals surface area contributed by atoms with Gasteiger partial charge in [0.05, 0.1) is 17.9 Å². The van der Waals surface area contributed by atoms with Crippen LogP contribution < -0.4 is 21.1 Å². The highest BCUT2D eigenvalue weighted by Crippen LogP contribution is 2.41. The van der Waals surface area contributed by atoms with Crippen molar-refractivity contribution in [1.29, 1.82) is 0 Å². The first-order valence-corrected chi connectivity index (χ1v) is 10.7. The third-order valence-electron chi connectivity index (χ3n) is 5.92. The molecule has 7 nitrogen and oxygen atoms in total. The Kier molecular flexibility index (Phi) is 7.62. The molecule has 1 aromatic carbocycles. The van der Waals surface area contributed by atoms with Gasteiger partial charge in [-0.15, -0.1) is 12.4 Å². The molecule has 1 aromatic heterocycles. The molecule has 1 aliphatic heterocycles. The second-order valence-electron chi connectivity index (χ2n) is 8.30. The quantitative estimate of drug-likeness (QED) is 0.519. The molecule has 0 atom stereocenters. The summed E-state index contributed by atoms with van der Waals surface area (Å²) in [6.45, 7) is 4.36. The van der Waals surface area contributed by atoms with E-state index in [9.17, 15) is 9.90 Å². The number of nitrogens with zero attached hydrogens (tertiary/aromatic N) is 1. The Balaban J connectivity index is 0.00000272. The number of phenolic OH excluding ortho intramolecular Hbond substituents is 1. The van der Waals surface area contributed by atoms with E-state index in [1.807, 2.05) is 12.1 Å². The van der Waals surface area contributed by atoms with Gasteiger partial charge in [0.2, 0.25) is 5.91 Å². The lowest BCUT2D eigenvalue weighted by Crippen LogP contribution is -2.28. The largest absolute Gasteiger partial charge is 0.507 e. The fourth-order valence-electron chi connectivity index (χ4n) is 4.03. The fraction of sp³-hybridized carbons (Fsp3) is 0.478. The first-order chi connectivity index (χ1) is 14.5. The molecule has 2 heterocycles. The van der Waals surface area contributed by atoms with Crippen molar-refractivity contribution in [2.45, 2.75) is 45.1 Å². The summed E-state index contributed by atoms with van der Waals surface area (Å²) in [7, 11) is 0. The number of nitrogens with one attached hydrogen (secondary N) is 2. The van der Waals surface area contributed by atoms with Gasteiger partial charge < -0.3 is 26.2 Å². The van der Waals surface area contributed by atoms with Gasteiger partial charge >= 0.3 is 0 Å². The van der Waals surface area contributed by atoms with E-state index in [4.69, 9.17) is 10.5 Å². The first-order valence-electron chi connectivity index (χ1n) is 10.7. The molecule has 2 fully saturated rings. The van der Waals surface area contributed by atoms with Gasteiger partial charge in [0, 0.05) is 19.0 Å². The summed E-state index contributed by atoms with van der Waals surface area (Å²) in [5, 5.41) is 16.9. The number of ether oxygens (including phenoxy) is 1. The van der Waals surface area contributed by atoms with Gasteiger partial charge in [-0.25, -0.2) is 4.98 Å². The minimum absolute atomic E-state index is 0. The average Bonchev–Trinajstić information content (AvgIpc) is 3.56. The molecular formula is C23H31ClN4O3. The van der Waals surface area contributed by atoms with Gasteiger partial charge in [-0.05, 0) is 74.4 Å². The number of anilines is 1. The Bertz CT molecular complexity index is 927. The van der Waals surface area contributed by atoms with Crippen molar-refractivity contribution in [3.05, 3.63) is 35.4 Å². The highest BCUT2D eigenvalue weighted by Gasteiger charge is 2.25. The number of aromatic nitrogens is 1. The highest BCUT2D eigenvalue weighted by atomic mass is 35.5. The maximum atomic E-state index is 11.5. The molecule has 1 saturated carbocycles. The number of pyridine rings is 1. The monoisotopic (exact) mass is 446 g/mol. The molecule has 2 aliphatic rings. The Morgan fingerprint density at radius 3 is 2.71 bits per heavy atom. The number of nitrogen functional groups attached to an aromatic ring is 1. The van der Waals surface area contributed by atoms with Crippen molar-refractivity contribution < 1.29 is 14.6 Å². The van der Waals surface area contributed by atoms with Crippen molar-refractivity contribution in [2.75, 3.05) is 25.4 Å². The molecule has 5 N–H and O–H groups in total. The van der Waals surface area contributed by atoms with E-state index < -0.39 is 0 Å². The van der Waals surface area contributed by atoms with E-state index in [0.717, 1.165) is 37.1 Å². The molecule has 0 bridgehead atoms. The second kappa shape index (κ2) is 10.2. The summed E-state index contributed by atoms with van der Waals surface area (Å²) in [6.07, 6.45) is 4.36. The van der Waals surface area contributed by atoms with Crippen molar-refractivity contribution in [1.82, 2.24) is 15.6 Å². The number of benzene rings is 1. The minimum Gasteiger partial charge on any atom is -0.507 e. The highest BCUT2D eigenvalue weighted by molar-refractivity contribution is 5.85. The Labute approximate surface area is 189 Å². The number of nitrogens with two attached hydrogens (primary N) is 1. The first kappa shape index (κ1) is 23.2. The third-order valence-corrected chi connectivity index (χ3v) is 5.92. The zero-order valence-corrected chi connectivity index (χ0v) is 18.6. The number of carbonyl (C=O) groups excluding carboxylic acids is 1. The number of carbonyl (C=O) groups is 1. The fourth-order valence-corrected chi connectivity index (χ4v) is 4.03. The van der Waals surface area contributed by atoms with Crippen molar-refractivity contribution >= 4 is 24.1 Å². The van der Waals surface area contributed by atoms with Gasteiger partial charge in [-0.2, -0.15) is 0 Å². The van der Waals surface area contributed by atoms with Crippen LogP contribution in [-0.2, 0) is 11.3 Å². The smallest absolute Gasteiger partial charge is 0.217 e. The lowest BCUT2D eigenvalue weighted by molar-refractivity contribution is -0.119.